The topological polar surface area (TPSA) is 35.2 Å². The van der Waals surface area contributed by atoms with Gasteiger partial charge in [-0.25, -0.2) is 0 Å². The number of nitrogens with two attached hydrogens (primary N) is 1. The average molecular weight is 370 g/mol. The molecule has 0 radical (unpaired) electrons. The number of anilines is 1. The van der Waals surface area contributed by atoms with E-state index >= 15 is 0 Å². The molecule has 2 rings (SSSR count). The Kier molecular flexibility index (Phi) is 4.79. The maximum Gasteiger partial charge on any atom is 0.258 e. The average Bonchev–Trinajstić information content (AvgIpc) is 2.34. The van der Waals surface area contributed by atoms with Gasteiger partial charge in [-0.3, -0.25) is 0 Å². The third kappa shape index (κ3) is 2.65. The third-order valence-electron chi connectivity index (χ3n) is 5.11. The number of hydrogen-bond acceptors (Lipinski definition) is 2. The first-order chi connectivity index (χ1) is 9.71. The van der Waals surface area contributed by atoms with Crippen molar-refractivity contribution >= 4 is 29.9 Å². The first kappa shape index (κ1) is 16.9. The highest BCUT2D eigenvalue weighted by Gasteiger charge is 2.47. The molecule has 1 aliphatic rings. The molecule has 0 fully saturated rings. The lowest BCUT2D eigenvalue weighted by molar-refractivity contribution is 0.476. The lowest BCUT2D eigenvalue weighted by Gasteiger charge is -2.43. The van der Waals surface area contributed by atoms with E-state index in [-0.39, 0.29) is 0 Å². The molecule has 1 aromatic carbocycles. The molecular weight excluding hydrogens is 342 g/mol. The van der Waals surface area contributed by atoms with Crippen molar-refractivity contribution in [1.29, 1.82) is 0 Å². The quantitative estimate of drug-likeness (QED) is 0.534. The highest BCUT2D eigenvalue weighted by molar-refractivity contribution is 9.10. The van der Waals surface area contributed by atoms with Crippen molar-refractivity contribution in [2.24, 2.45) is 0 Å². The predicted molar refractivity (Wildman–Crippen MR) is 97.6 cm³/mol. The van der Waals surface area contributed by atoms with E-state index in [9.17, 15) is 0 Å². The van der Waals surface area contributed by atoms with Crippen LogP contribution in [0.2, 0.25) is 16.6 Å². The molecule has 4 heteroatoms. The Morgan fingerprint density at radius 3 is 1.95 bits per heavy atom. The number of nitrogen functional groups attached to an aromatic ring is 1. The molecule has 1 aliphatic carbocycles. The highest BCUT2D eigenvalue weighted by atomic mass is 79.9. The van der Waals surface area contributed by atoms with Gasteiger partial charge in [-0.05, 0) is 62.6 Å². The van der Waals surface area contributed by atoms with Crippen molar-refractivity contribution in [1.82, 2.24) is 0 Å². The van der Waals surface area contributed by atoms with Gasteiger partial charge in [0.25, 0.3) is 8.32 Å². The molecule has 0 amide bonds. The van der Waals surface area contributed by atoms with E-state index in [4.69, 9.17) is 10.2 Å². The third-order valence-corrected chi connectivity index (χ3v) is 11.9. The fourth-order valence-corrected chi connectivity index (χ4v) is 9.80. The predicted octanol–water partition coefficient (Wildman–Crippen LogP) is 5.68. The summed E-state index contributed by atoms with van der Waals surface area (Å²) in [6, 6.07) is 2.22. The van der Waals surface area contributed by atoms with Crippen molar-refractivity contribution in [3.05, 3.63) is 21.7 Å². The van der Waals surface area contributed by atoms with E-state index in [1.807, 2.05) is 0 Å². The highest BCUT2D eigenvalue weighted by Crippen LogP contribution is 2.47. The molecule has 0 aliphatic heterocycles. The molecular formula is C17H28BrNOSi. The van der Waals surface area contributed by atoms with E-state index in [0.717, 1.165) is 28.8 Å². The molecule has 0 aromatic heterocycles. The number of rotatable bonds is 5. The van der Waals surface area contributed by atoms with Gasteiger partial charge in [0.2, 0.25) is 0 Å². The zero-order valence-electron chi connectivity index (χ0n) is 14.1. The Morgan fingerprint density at radius 2 is 1.57 bits per heavy atom. The van der Waals surface area contributed by atoms with Crippen molar-refractivity contribution in [3.8, 4) is 5.75 Å². The number of aryl methyl sites for hydroxylation is 1. The monoisotopic (exact) mass is 369 g/mol. The first-order valence-electron chi connectivity index (χ1n) is 8.00. The molecule has 0 unspecified atom stereocenters. The van der Waals surface area contributed by atoms with Gasteiger partial charge in [-0.2, -0.15) is 0 Å². The van der Waals surface area contributed by atoms with Crippen LogP contribution in [0.5, 0.6) is 5.75 Å². The molecule has 2 nitrogen and oxygen atoms in total. The van der Waals surface area contributed by atoms with Gasteiger partial charge in [-0.15, -0.1) is 0 Å². The van der Waals surface area contributed by atoms with Crippen LogP contribution in [-0.2, 0) is 12.8 Å². The summed E-state index contributed by atoms with van der Waals surface area (Å²) in [5.41, 5.74) is 11.5. The molecule has 0 saturated heterocycles. The maximum absolute atomic E-state index is 6.78. The summed E-state index contributed by atoms with van der Waals surface area (Å²) in [5, 5.41) is 0. The Morgan fingerprint density at radius 1 is 1.05 bits per heavy atom. The van der Waals surface area contributed by atoms with Crippen LogP contribution in [0.3, 0.4) is 0 Å². The zero-order valence-corrected chi connectivity index (χ0v) is 16.7. The standard InChI is InChI=1S/C17H28BrNOSi/c1-10(2)21(11(3)4,12(5)6)20-15-9-13-7-8-14(13)17(19)16(15)18/h9-12H,7-8,19H2,1-6H3. The minimum atomic E-state index is -1.92. The van der Waals surface area contributed by atoms with Crippen LogP contribution < -0.4 is 10.2 Å². The van der Waals surface area contributed by atoms with Gasteiger partial charge in [0.15, 0.2) is 0 Å². The Hall–Kier alpha value is -0.483. The lowest BCUT2D eigenvalue weighted by Crippen LogP contribution is -2.50. The fourth-order valence-electron chi connectivity index (χ4n) is 3.97. The number of fused-ring (bicyclic) bond motifs is 1. The number of benzene rings is 1. The summed E-state index contributed by atoms with van der Waals surface area (Å²) in [5.74, 6) is 0.966. The van der Waals surface area contributed by atoms with Crippen molar-refractivity contribution in [2.75, 3.05) is 5.73 Å². The van der Waals surface area contributed by atoms with Crippen LogP contribution in [0.15, 0.2) is 10.5 Å². The summed E-state index contributed by atoms with van der Waals surface area (Å²) in [7, 11) is -1.92. The molecule has 0 heterocycles. The van der Waals surface area contributed by atoms with E-state index in [1.54, 1.807) is 0 Å². The first-order valence-corrected chi connectivity index (χ1v) is 10.9. The summed E-state index contributed by atoms with van der Waals surface area (Å²) < 4.78 is 7.74. The summed E-state index contributed by atoms with van der Waals surface area (Å²) in [4.78, 5) is 0. The molecule has 2 N–H and O–H groups in total. The number of halogens is 1. The molecule has 0 bridgehead atoms. The molecule has 0 atom stereocenters. The van der Waals surface area contributed by atoms with Crippen LogP contribution in [-0.4, -0.2) is 8.32 Å². The summed E-state index contributed by atoms with van der Waals surface area (Å²) in [6.45, 7) is 13.9. The second-order valence-corrected chi connectivity index (χ2v) is 13.3. The zero-order chi connectivity index (χ0) is 15.9. The SMILES string of the molecule is CC(C)[Si](Oc1cc2c(c(N)c1Br)CC2)(C(C)C)C(C)C. The van der Waals surface area contributed by atoms with E-state index in [2.05, 4.69) is 63.5 Å². The van der Waals surface area contributed by atoms with Crippen LogP contribution in [0.4, 0.5) is 5.69 Å². The number of hydrogen-bond donors (Lipinski definition) is 1. The van der Waals surface area contributed by atoms with Crippen molar-refractivity contribution < 1.29 is 4.43 Å². The lowest BCUT2D eigenvalue weighted by atomic mass is 9.87. The van der Waals surface area contributed by atoms with Crippen LogP contribution in [0.1, 0.15) is 52.7 Å². The Balaban J connectivity index is 2.47. The van der Waals surface area contributed by atoms with Crippen LogP contribution in [0, 0.1) is 0 Å². The maximum atomic E-state index is 6.78. The van der Waals surface area contributed by atoms with E-state index in [1.165, 1.54) is 11.1 Å². The van der Waals surface area contributed by atoms with Gasteiger partial charge in [0, 0.05) is 0 Å². The second kappa shape index (κ2) is 5.96. The van der Waals surface area contributed by atoms with Crippen molar-refractivity contribution in [2.45, 2.75) is 71.0 Å². The van der Waals surface area contributed by atoms with Gasteiger partial charge in [-0.1, -0.05) is 41.5 Å². The largest absolute Gasteiger partial charge is 0.542 e. The molecule has 0 saturated carbocycles. The Labute approximate surface area is 138 Å². The molecule has 0 spiro atoms. The fraction of sp³-hybridized carbons (Fsp3) is 0.647. The van der Waals surface area contributed by atoms with E-state index < -0.39 is 8.32 Å². The minimum Gasteiger partial charge on any atom is -0.542 e. The van der Waals surface area contributed by atoms with Gasteiger partial charge in [0.1, 0.15) is 5.75 Å². The second-order valence-electron chi connectivity index (χ2n) is 7.16. The Bertz CT molecular complexity index is 518. The molecule has 118 valence electrons. The summed E-state index contributed by atoms with van der Waals surface area (Å²) in [6.07, 6.45) is 2.23. The minimum absolute atomic E-state index is 0.566. The molecule has 1 aromatic rings. The smallest absolute Gasteiger partial charge is 0.258 e. The van der Waals surface area contributed by atoms with E-state index in [0.29, 0.717) is 16.6 Å². The van der Waals surface area contributed by atoms with Crippen LogP contribution in [0.25, 0.3) is 0 Å². The van der Waals surface area contributed by atoms with Crippen LogP contribution >= 0.6 is 15.9 Å². The summed E-state index contributed by atoms with van der Waals surface area (Å²) >= 11 is 3.67. The molecule has 21 heavy (non-hydrogen) atoms. The van der Waals surface area contributed by atoms with Crippen molar-refractivity contribution in [3.63, 3.8) is 0 Å². The van der Waals surface area contributed by atoms with Gasteiger partial charge >= 0.3 is 0 Å². The van der Waals surface area contributed by atoms with Gasteiger partial charge in [0.05, 0.1) is 10.2 Å². The normalized spacial score (nSPS) is 14.6. The van der Waals surface area contributed by atoms with Gasteiger partial charge < -0.3 is 10.2 Å².